The quantitative estimate of drug-likeness (QED) is 0.891. The minimum absolute atomic E-state index is 0.131. The summed E-state index contributed by atoms with van der Waals surface area (Å²) < 4.78 is 5.02. The van der Waals surface area contributed by atoms with Crippen LogP contribution < -0.4 is 10.1 Å². The third-order valence-corrected chi connectivity index (χ3v) is 3.24. The van der Waals surface area contributed by atoms with Crippen molar-refractivity contribution >= 4 is 17.4 Å². The highest BCUT2D eigenvalue weighted by atomic mass is 32.1. The third kappa shape index (κ3) is 3.58. The molecule has 94 valence electrons. The number of thiophene rings is 1. The van der Waals surface area contributed by atoms with Gasteiger partial charge >= 0.3 is 6.09 Å². The first-order valence-corrected chi connectivity index (χ1v) is 6.36. The fourth-order valence-electron chi connectivity index (χ4n) is 1.39. The molecule has 0 fully saturated rings. The number of amides is 1. The number of carbonyl (C=O) groups excluding carboxylic acids is 1. The average molecular weight is 263 g/mol. The van der Waals surface area contributed by atoms with E-state index < -0.39 is 12.2 Å². The van der Waals surface area contributed by atoms with Crippen molar-refractivity contribution in [2.45, 2.75) is 6.10 Å². The Balaban J connectivity index is 1.79. The maximum Gasteiger partial charge on any atom is 0.412 e. The summed E-state index contributed by atoms with van der Waals surface area (Å²) in [6.45, 7) is 0.131. The Morgan fingerprint density at radius 3 is 2.72 bits per heavy atom. The first-order valence-electron chi connectivity index (χ1n) is 5.48. The van der Waals surface area contributed by atoms with Gasteiger partial charge in [0.25, 0.3) is 0 Å². The zero-order valence-electron chi connectivity index (χ0n) is 9.58. The van der Waals surface area contributed by atoms with Gasteiger partial charge in [-0.05, 0) is 23.6 Å². The van der Waals surface area contributed by atoms with Crippen molar-refractivity contribution in [3.8, 4) is 5.75 Å². The molecule has 1 aromatic carbocycles. The Morgan fingerprint density at radius 1 is 1.28 bits per heavy atom. The number of benzene rings is 1. The minimum Gasteiger partial charge on any atom is -0.410 e. The van der Waals surface area contributed by atoms with Gasteiger partial charge in [0.05, 0.1) is 6.54 Å². The van der Waals surface area contributed by atoms with Crippen molar-refractivity contribution in [3.63, 3.8) is 0 Å². The predicted molar refractivity (Wildman–Crippen MR) is 69.7 cm³/mol. The van der Waals surface area contributed by atoms with Crippen molar-refractivity contribution in [2.24, 2.45) is 0 Å². The van der Waals surface area contributed by atoms with Crippen molar-refractivity contribution in [2.75, 3.05) is 6.54 Å². The molecule has 0 bridgehead atoms. The van der Waals surface area contributed by atoms with E-state index in [-0.39, 0.29) is 6.54 Å². The van der Waals surface area contributed by atoms with Crippen LogP contribution in [-0.2, 0) is 0 Å². The Kier molecular flexibility index (Phi) is 4.33. The van der Waals surface area contributed by atoms with E-state index in [2.05, 4.69) is 5.32 Å². The van der Waals surface area contributed by atoms with Crippen molar-refractivity contribution in [1.82, 2.24) is 5.32 Å². The molecule has 5 heteroatoms. The molecule has 0 aliphatic rings. The van der Waals surface area contributed by atoms with Crippen molar-refractivity contribution in [3.05, 3.63) is 52.7 Å². The summed E-state index contributed by atoms with van der Waals surface area (Å²) in [5, 5.41) is 14.2. The summed E-state index contributed by atoms with van der Waals surface area (Å²) >= 11 is 1.44. The van der Waals surface area contributed by atoms with E-state index in [0.717, 1.165) is 4.88 Å². The van der Waals surface area contributed by atoms with Crippen LogP contribution in [0.2, 0.25) is 0 Å². The highest BCUT2D eigenvalue weighted by molar-refractivity contribution is 7.10. The number of rotatable bonds is 4. The number of para-hydroxylation sites is 1. The summed E-state index contributed by atoms with van der Waals surface area (Å²) in [7, 11) is 0. The van der Waals surface area contributed by atoms with Crippen LogP contribution in [-0.4, -0.2) is 17.7 Å². The number of hydrogen-bond acceptors (Lipinski definition) is 4. The molecule has 0 radical (unpaired) electrons. The van der Waals surface area contributed by atoms with Crippen LogP contribution in [0, 0.1) is 0 Å². The van der Waals surface area contributed by atoms with Crippen LogP contribution in [0.5, 0.6) is 5.75 Å². The molecule has 1 atom stereocenters. The zero-order chi connectivity index (χ0) is 12.8. The molecule has 1 unspecified atom stereocenters. The van der Waals surface area contributed by atoms with Gasteiger partial charge in [0.15, 0.2) is 0 Å². The van der Waals surface area contributed by atoms with Crippen LogP contribution >= 0.6 is 11.3 Å². The normalized spacial score (nSPS) is 11.8. The molecule has 2 rings (SSSR count). The summed E-state index contributed by atoms with van der Waals surface area (Å²) in [6.07, 6.45) is -1.27. The maximum atomic E-state index is 11.4. The first-order chi connectivity index (χ1) is 8.75. The SMILES string of the molecule is O=C(NCC(O)c1cccs1)Oc1ccccc1. The van der Waals surface area contributed by atoms with Gasteiger partial charge in [0, 0.05) is 4.88 Å². The van der Waals surface area contributed by atoms with E-state index in [1.165, 1.54) is 11.3 Å². The average Bonchev–Trinajstić information content (AvgIpc) is 2.91. The molecular weight excluding hydrogens is 250 g/mol. The molecule has 0 aliphatic carbocycles. The van der Waals surface area contributed by atoms with Gasteiger partial charge in [-0.15, -0.1) is 11.3 Å². The number of nitrogens with one attached hydrogen (secondary N) is 1. The van der Waals surface area contributed by atoms with Gasteiger partial charge in [0.1, 0.15) is 11.9 Å². The van der Waals surface area contributed by atoms with Gasteiger partial charge in [-0.2, -0.15) is 0 Å². The summed E-state index contributed by atoms with van der Waals surface area (Å²) in [5.74, 6) is 0.473. The van der Waals surface area contributed by atoms with E-state index >= 15 is 0 Å². The molecule has 1 aromatic heterocycles. The Labute approximate surface area is 109 Å². The Morgan fingerprint density at radius 2 is 2.06 bits per heavy atom. The highest BCUT2D eigenvalue weighted by Crippen LogP contribution is 2.17. The summed E-state index contributed by atoms with van der Waals surface area (Å²) in [6, 6.07) is 12.5. The van der Waals surface area contributed by atoms with Gasteiger partial charge in [-0.3, -0.25) is 0 Å². The number of hydrogen-bond donors (Lipinski definition) is 2. The highest BCUT2D eigenvalue weighted by Gasteiger charge is 2.11. The lowest BCUT2D eigenvalue weighted by Crippen LogP contribution is -2.30. The van der Waals surface area contributed by atoms with Gasteiger partial charge in [0.2, 0.25) is 0 Å². The molecule has 0 aliphatic heterocycles. The van der Waals surface area contributed by atoms with E-state index in [1.807, 2.05) is 23.6 Å². The number of ether oxygens (including phenoxy) is 1. The monoisotopic (exact) mass is 263 g/mol. The largest absolute Gasteiger partial charge is 0.412 e. The topological polar surface area (TPSA) is 58.6 Å². The second kappa shape index (κ2) is 6.18. The Hall–Kier alpha value is -1.85. The van der Waals surface area contributed by atoms with Crippen LogP contribution in [0.4, 0.5) is 4.79 Å². The Bertz CT molecular complexity index is 484. The number of carbonyl (C=O) groups is 1. The van der Waals surface area contributed by atoms with E-state index in [4.69, 9.17) is 4.74 Å². The van der Waals surface area contributed by atoms with Gasteiger partial charge < -0.3 is 15.2 Å². The minimum atomic E-state index is -0.701. The van der Waals surface area contributed by atoms with Crippen LogP contribution in [0.25, 0.3) is 0 Å². The van der Waals surface area contributed by atoms with Crippen LogP contribution in [0.15, 0.2) is 47.8 Å². The lowest BCUT2D eigenvalue weighted by molar-refractivity contribution is 0.164. The van der Waals surface area contributed by atoms with Crippen molar-refractivity contribution < 1.29 is 14.6 Å². The molecule has 0 spiro atoms. The predicted octanol–water partition coefficient (Wildman–Crippen LogP) is 2.57. The molecule has 1 heterocycles. The van der Waals surface area contributed by atoms with E-state index in [0.29, 0.717) is 5.75 Å². The fraction of sp³-hybridized carbons (Fsp3) is 0.154. The third-order valence-electron chi connectivity index (χ3n) is 2.27. The first kappa shape index (κ1) is 12.6. The van der Waals surface area contributed by atoms with Gasteiger partial charge in [-0.25, -0.2) is 4.79 Å². The summed E-state index contributed by atoms with van der Waals surface area (Å²) in [5.41, 5.74) is 0. The van der Waals surface area contributed by atoms with Crippen LogP contribution in [0.1, 0.15) is 11.0 Å². The van der Waals surface area contributed by atoms with E-state index in [1.54, 1.807) is 24.3 Å². The second-order valence-corrected chi connectivity index (χ2v) is 4.59. The lowest BCUT2D eigenvalue weighted by Gasteiger charge is -2.10. The number of aliphatic hydroxyl groups excluding tert-OH is 1. The molecular formula is C13H13NO3S. The van der Waals surface area contributed by atoms with Crippen molar-refractivity contribution in [1.29, 1.82) is 0 Å². The molecule has 0 saturated heterocycles. The molecule has 4 nitrogen and oxygen atoms in total. The molecule has 1 amide bonds. The molecule has 18 heavy (non-hydrogen) atoms. The second-order valence-electron chi connectivity index (χ2n) is 3.61. The molecule has 2 N–H and O–H groups in total. The van der Waals surface area contributed by atoms with Gasteiger partial charge in [-0.1, -0.05) is 24.3 Å². The zero-order valence-corrected chi connectivity index (χ0v) is 10.4. The van der Waals surface area contributed by atoms with E-state index in [9.17, 15) is 9.90 Å². The lowest BCUT2D eigenvalue weighted by atomic mass is 10.3. The van der Waals surface area contributed by atoms with Crippen LogP contribution in [0.3, 0.4) is 0 Å². The molecule has 0 saturated carbocycles. The smallest absolute Gasteiger partial charge is 0.410 e. The fourth-order valence-corrected chi connectivity index (χ4v) is 2.10. The maximum absolute atomic E-state index is 11.4. The summed E-state index contributed by atoms with van der Waals surface area (Å²) in [4.78, 5) is 12.3. The standard InChI is InChI=1S/C13H13NO3S/c15-11(12-7-4-8-18-12)9-14-13(16)17-10-5-2-1-3-6-10/h1-8,11,15H,9H2,(H,14,16). The number of aliphatic hydroxyl groups is 1. The molecule has 2 aromatic rings.